The Hall–Kier alpha value is -0.490. The Morgan fingerprint density at radius 1 is 0.619 bits per heavy atom. The van der Waals surface area contributed by atoms with Crippen molar-refractivity contribution in [3.63, 3.8) is 0 Å². The molecule has 0 atom stereocenters. The summed E-state index contributed by atoms with van der Waals surface area (Å²) < 4.78 is 0. The van der Waals surface area contributed by atoms with Crippen LogP contribution in [0, 0.1) is 0 Å². The van der Waals surface area contributed by atoms with Crippen LogP contribution < -0.4 is 0 Å². The minimum Gasteiger partial charge on any atom is -0.0843 e. The van der Waals surface area contributed by atoms with Gasteiger partial charge in [0.2, 0.25) is 0 Å². The lowest BCUT2D eigenvalue weighted by molar-refractivity contribution is 0.544. The molecule has 1 heteroatoms. The van der Waals surface area contributed by atoms with Gasteiger partial charge in [-0.2, -0.15) is 0 Å². The normalized spacial score (nSPS) is 11.0. The molecule has 0 heterocycles. The minimum absolute atomic E-state index is 0.841. The highest BCUT2D eigenvalue weighted by molar-refractivity contribution is 6.30. The van der Waals surface area contributed by atoms with E-state index < -0.39 is 0 Å². The second-order valence-corrected chi connectivity index (χ2v) is 6.70. The molecule has 0 bridgehead atoms. The summed E-state index contributed by atoms with van der Waals surface area (Å²) in [6.45, 7) is 2.28. The molecule has 0 saturated carbocycles. The summed E-state index contributed by atoms with van der Waals surface area (Å²) in [5.41, 5.74) is 1.42. The van der Waals surface area contributed by atoms with E-state index in [1.165, 1.54) is 89.0 Å². The van der Waals surface area contributed by atoms with E-state index in [-0.39, 0.29) is 0 Å². The number of unbranched alkanes of at least 4 members (excludes halogenated alkanes) is 11. The van der Waals surface area contributed by atoms with Crippen molar-refractivity contribution in [2.45, 2.75) is 90.4 Å². The van der Waals surface area contributed by atoms with Crippen LogP contribution in [-0.4, -0.2) is 0 Å². The summed E-state index contributed by atoms with van der Waals surface area (Å²) in [5, 5.41) is 0.841. The van der Waals surface area contributed by atoms with Crippen LogP contribution in [0.25, 0.3) is 0 Å². The van der Waals surface area contributed by atoms with E-state index in [1.807, 2.05) is 12.1 Å². The Balaban J connectivity index is 1.81. The molecule has 0 aromatic heterocycles. The van der Waals surface area contributed by atoms with Gasteiger partial charge in [0.1, 0.15) is 0 Å². The van der Waals surface area contributed by atoms with E-state index in [0.29, 0.717) is 0 Å². The van der Waals surface area contributed by atoms with E-state index in [2.05, 4.69) is 19.1 Å². The summed E-state index contributed by atoms with van der Waals surface area (Å²) in [5.74, 6) is 0. The molecule has 0 saturated heterocycles. The smallest absolute Gasteiger partial charge is 0.0406 e. The largest absolute Gasteiger partial charge is 0.0843 e. The average Bonchev–Trinajstić information content (AvgIpc) is 2.50. The summed E-state index contributed by atoms with van der Waals surface area (Å²) in [7, 11) is 0. The van der Waals surface area contributed by atoms with Gasteiger partial charge >= 0.3 is 0 Å². The number of halogens is 1. The molecule has 0 N–H and O–H groups in total. The molecule has 0 amide bonds. The first-order chi connectivity index (χ1) is 10.3. The summed E-state index contributed by atoms with van der Waals surface area (Å²) in [6, 6.07) is 8.30. The maximum absolute atomic E-state index is 5.89. The van der Waals surface area contributed by atoms with Crippen LogP contribution in [0.5, 0.6) is 0 Å². The Labute approximate surface area is 137 Å². The highest BCUT2D eigenvalue weighted by atomic mass is 35.5. The van der Waals surface area contributed by atoms with Gasteiger partial charge in [0.15, 0.2) is 0 Å². The van der Waals surface area contributed by atoms with Gasteiger partial charge in [-0.3, -0.25) is 0 Å². The third kappa shape index (κ3) is 10.8. The molecular formula is C20H33Cl. The van der Waals surface area contributed by atoms with Crippen molar-refractivity contribution in [3.8, 4) is 0 Å². The number of benzene rings is 1. The lowest BCUT2D eigenvalue weighted by Gasteiger charge is -2.03. The number of hydrogen-bond acceptors (Lipinski definition) is 0. The Morgan fingerprint density at radius 3 is 1.52 bits per heavy atom. The molecule has 21 heavy (non-hydrogen) atoms. The summed E-state index contributed by atoms with van der Waals surface area (Å²) >= 11 is 5.89. The maximum Gasteiger partial charge on any atom is 0.0406 e. The van der Waals surface area contributed by atoms with E-state index in [1.54, 1.807) is 0 Å². The van der Waals surface area contributed by atoms with E-state index in [9.17, 15) is 0 Å². The van der Waals surface area contributed by atoms with Crippen LogP contribution in [0.4, 0.5) is 0 Å². The third-order valence-electron chi connectivity index (χ3n) is 4.23. The predicted molar refractivity (Wildman–Crippen MR) is 96.2 cm³/mol. The van der Waals surface area contributed by atoms with Crippen molar-refractivity contribution in [1.82, 2.24) is 0 Å². The fraction of sp³-hybridized carbons (Fsp3) is 0.700. The number of rotatable bonds is 13. The first kappa shape index (κ1) is 18.6. The summed E-state index contributed by atoms with van der Waals surface area (Å²) in [6.07, 6.45) is 18.2. The fourth-order valence-corrected chi connectivity index (χ4v) is 2.95. The van der Waals surface area contributed by atoms with Gasteiger partial charge in [0.05, 0.1) is 0 Å². The van der Waals surface area contributed by atoms with Crippen LogP contribution in [0.1, 0.15) is 89.5 Å². The second-order valence-electron chi connectivity index (χ2n) is 6.27. The molecular weight excluding hydrogens is 276 g/mol. The van der Waals surface area contributed by atoms with Crippen molar-refractivity contribution in [2.75, 3.05) is 0 Å². The van der Waals surface area contributed by atoms with Gasteiger partial charge in [-0.25, -0.2) is 0 Å². The molecule has 0 aliphatic heterocycles. The maximum atomic E-state index is 5.89. The van der Waals surface area contributed by atoms with E-state index in [0.717, 1.165) is 5.02 Å². The zero-order valence-corrected chi connectivity index (χ0v) is 14.6. The van der Waals surface area contributed by atoms with E-state index >= 15 is 0 Å². The van der Waals surface area contributed by atoms with Crippen molar-refractivity contribution < 1.29 is 0 Å². The average molecular weight is 309 g/mol. The molecule has 0 aliphatic rings. The van der Waals surface area contributed by atoms with Crippen molar-refractivity contribution in [1.29, 1.82) is 0 Å². The fourth-order valence-electron chi connectivity index (χ4n) is 2.82. The SMILES string of the molecule is CCCCCCCCCCCCCCc1ccc(Cl)cc1. The molecule has 0 nitrogen and oxygen atoms in total. The van der Waals surface area contributed by atoms with Crippen LogP contribution in [0.2, 0.25) is 5.02 Å². The Bertz CT molecular complexity index is 328. The van der Waals surface area contributed by atoms with Gasteiger partial charge in [0, 0.05) is 5.02 Å². The molecule has 0 aliphatic carbocycles. The number of aryl methyl sites for hydroxylation is 1. The minimum atomic E-state index is 0.841. The van der Waals surface area contributed by atoms with E-state index in [4.69, 9.17) is 11.6 Å². The van der Waals surface area contributed by atoms with Crippen molar-refractivity contribution in [2.24, 2.45) is 0 Å². The zero-order chi connectivity index (χ0) is 15.2. The summed E-state index contributed by atoms with van der Waals surface area (Å²) in [4.78, 5) is 0. The standard InChI is InChI=1S/C20H33Cl/c1-2-3-4-5-6-7-8-9-10-11-12-13-14-19-15-17-20(21)18-16-19/h15-18H,2-14H2,1H3. The first-order valence-corrected chi connectivity index (χ1v) is 9.45. The molecule has 1 aromatic rings. The molecule has 120 valence electrons. The van der Waals surface area contributed by atoms with Crippen molar-refractivity contribution >= 4 is 11.6 Å². The van der Waals surface area contributed by atoms with Crippen LogP contribution >= 0.6 is 11.6 Å². The van der Waals surface area contributed by atoms with Crippen LogP contribution in [0.15, 0.2) is 24.3 Å². The molecule has 1 rings (SSSR count). The Kier molecular flexibility index (Phi) is 11.7. The van der Waals surface area contributed by atoms with Gasteiger partial charge < -0.3 is 0 Å². The van der Waals surface area contributed by atoms with Gasteiger partial charge in [-0.15, -0.1) is 0 Å². The van der Waals surface area contributed by atoms with Gasteiger partial charge in [0.25, 0.3) is 0 Å². The second kappa shape index (κ2) is 13.2. The lowest BCUT2D eigenvalue weighted by atomic mass is 10.0. The lowest BCUT2D eigenvalue weighted by Crippen LogP contribution is -1.86. The Morgan fingerprint density at radius 2 is 1.05 bits per heavy atom. The molecule has 0 radical (unpaired) electrons. The molecule has 0 fully saturated rings. The topological polar surface area (TPSA) is 0 Å². The van der Waals surface area contributed by atoms with Gasteiger partial charge in [-0.1, -0.05) is 101 Å². The molecule has 1 aromatic carbocycles. The molecule has 0 spiro atoms. The zero-order valence-electron chi connectivity index (χ0n) is 13.9. The highest BCUT2D eigenvalue weighted by Gasteiger charge is 1.95. The van der Waals surface area contributed by atoms with Crippen LogP contribution in [0.3, 0.4) is 0 Å². The quantitative estimate of drug-likeness (QED) is 0.329. The van der Waals surface area contributed by atoms with Gasteiger partial charge in [-0.05, 0) is 30.5 Å². The first-order valence-electron chi connectivity index (χ1n) is 9.07. The van der Waals surface area contributed by atoms with Crippen molar-refractivity contribution in [3.05, 3.63) is 34.9 Å². The highest BCUT2D eigenvalue weighted by Crippen LogP contribution is 2.14. The third-order valence-corrected chi connectivity index (χ3v) is 4.48. The number of hydrogen-bond donors (Lipinski definition) is 0. The predicted octanol–water partition coefficient (Wildman–Crippen LogP) is 7.58. The monoisotopic (exact) mass is 308 g/mol. The van der Waals surface area contributed by atoms with Crippen LogP contribution in [-0.2, 0) is 6.42 Å². The molecule has 0 unspecified atom stereocenters.